The van der Waals surface area contributed by atoms with Gasteiger partial charge in [0.1, 0.15) is 6.04 Å². The van der Waals surface area contributed by atoms with Crippen LogP contribution in [0.4, 0.5) is 0 Å². The lowest BCUT2D eigenvalue weighted by Crippen LogP contribution is -2.56. The maximum Gasteiger partial charge on any atom is 0.245 e. The number of carbonyl (C=O) groups is 1. The van der Waals surface area contributed by atoms with Crippen LogP contribution in [0.1, 0.15) is 58.9 Å². The van der Waals surface area contributed by atoms with E-state index in [0.717, 1.165) is 25.1 Å². The van der Waals surface area contributed by atoms with Crippen molar-refractivity contribution in [3.8, 4) is 0 Å². The standard InChI is InChI=1S/C36H48N3OPS/c1-27(2)25-39(26-28(3)4)35(40)33(24-29-16-8-5-9-17-29)38-36(42)37-32-22-14-15-23-34(32)41(30-18-10-6-11-19-30)31-20-12-7-13-21-31/h5-13,16-21,27-28,32-34H,14-15,22-26H2,1-4H3,(H2,37,38,42)/t32-,33+,34-/m1/s1. The molecule has 2 N–H and O–H groups in total. The first-order valence-electron chi connectivity index (χ1n) is 15.6. The van der Waals surface area contributed by atoms with Crippen LogP contribution in [-0.2, 0) is 11.2 Å². The first kappa shape index (κ1) is 32.2. The minimum Gasteiger partial charge on any atom is -0.359 e. The Labute approximate surface area is 260 Å². The van der Waals surface area contributed by atoms with Crippen LogP contribution >= 0.6 is 20.1 Å². The Hall–Kier alpha value is -2.75. The van der Waals surface area contributed by atoms with Gasteiger partial charge in [-0.05, 0) is 61.0 Å². The molecule has 0 spiro atoms. The van der Waals surface area contributed by atoms with Gasteiger partial charge in [-0.1, -0.05) is 132 Å². The van der Waals surface area contributed by atoms with Crippen LogP contribution in [0.5, 0.6) is 0 Å². The minimum atomic E-state index is -0.567. The van der Waals surface area contributed by atoms with Crippen molar-refractivity contribution in [3.63, 3.8) is 0 Å². The van der Waals surface area contributed by atoms with Gasteiger partial charge in [0.15, 0.2) is 5.11 Å². The molecule has 3 atom stereocenters. The molecule has 1 amide bonds. The molecular formula is C36H48N3OPS. The van der Waals surface area contributed by atoms with E-state index in [4.69, 9.17) is 12.2 Å². The average Bonchev–Trinajstić information content (AvgIpc) is 2.98. The zero-order valence-corrected chi connectivity index (χ0v) is 27.4. The fourth-order valence-electron chi connectivity index (χ4n) is 6.07. The van der Waals surface area contributed by atoms with Gasteiger partial charge < -0.3 is 15.5 Å². The lowest BCUT2D eigenvalue weighted by atomic mass is 9.95. The third-order valence-corrected chi connectivity index (χ3v) is 11.0. The highest BCUT2D eigenvalue weighted by molar-refractivity contribution is 7.80. The predicted octanol–water partition coefficient (Wildman–Crippen LogP) is 6.65. The normalized spacial score (nSPS) is 17.7. The quantitative estimate of drug-likeness (QED) is 0.180. The van der Waals surface area contributed by atoms with Crippen LogP contribution in [0.3, 0.4) is 0 Å². The lowest BCUT2D eigenvalue weighted by molar-refractivity contribution is -0.134. The summed E-state index contributed by atoms with van der Waals surface area (Å²) in [6, 6.07) is 32.1. The van der Waals surface area contributed by atoms with E-state index in [0.29, 0.717) is 29.0 Å². The van der Waals surface area contributed by atoms with Crippen molar-refractivity contribution >= 4 is 41.8 Å². The Morgan fingerprint density at radius 2 is 1.31 bits per heavy atom. The van der Waals surface area contributed by atoms with E-state index >= 15 is 0 Å². The van der Waals surface area contributed by atoms with Gasteiger partial charge in [0.2, 0.25) is 5.91 Å². The Bertz CT molecular complexity index is 1190. The summed E-state index contributed by atoms with van der Waals surface area (Å²) in [6.07, 6.45) is 5.26. The van der Waals surface area contributed by atoms with Crippen LogP contribution in [0, 0.1) is 11.8 Å². The summed E-state index contributed by atoms with van der Waals surface area (Å²) < 4.78 is 0. The SMILES string of the molecule is CC(C)CN(CC(C)C)C(=O)[C@H](Cc1ccccc1)NC(=S)N[C@@H]1CCCC[C@H]1P(c1ccccc1)c1ccccc1. The molecule has 0 aromatic heterocycles. The Balaban J connectivity index is 1.56. The van der Waals surface area contributed by atoms with Crippen molar-refractivity contribution in [3.05, 3.63) is 96.6 Å². The second-order valence-corrected chi connectivity index (χ2v) is 15.2. The highest BCUT2D eigenvalue weighted by Gasteiger charge is 2.35. The van der Waals surface area contributed by atoms with Crippen molar-refractivity contribution in [1.29, 1.82) is 0 Å². The summed E-state index contributed by atoms with van der Waals surface area (Å²) in [5, 5.41) is 10.7. The van der Waals surface area contributed by atoms with E-state index in [9.17, 15) is 4.79 Å². The molecule has 1 saturated carbocycles. The molecule has 0 radical (unpaired) electrons. The number of nitrogens with one attached hydrogen (secondary N) is 2. The van der Waals surface area contributed by atoms with Crippen LogP contribution in [0.15, 0.2) is 91.0 Å². The van der Waals surface area contributed by atoms with Gasteiger partial charge in [0.25, 0.3) is 0 Å². The molecule has 0 bridgehead atoms. The largest absolute Gasteiger partial charge is 0.359 e. The zero-order valence-electron chi connectivity index (χ0n) is 25.7. The number of carbonyl (C=O) groups excluding carboxylic acids is 1. The van der Waals surface area contributed by atoms with Gasteiger partial charge in [-0.3, -0.25) is 4.79 Å². The van der Waals surface area contributed by atoms with Crippen molar-refractivity contribution in [2.75, 3.05) is 13.1 Å². The molecule has 3 aromatic rings. The summed E-state index contributed by atoms with van der Waals surface area (Å²) in [6.45, 7) is 10.2. The van der Waals surface area contributed by atoms with E-state index < -0.39 is 14.0 Å². The van der Waals surface area contributed by atoms with E-state index in [1.807, 2.05) is 23.1 Å². The summed E-state index contributed by atoms with van der Waals surface area (Å²) in [5.41, 5.74) is 1.59. The molecule has 6 heteroatoms. The van der Waals surface area contributed by atoms with Crippen molar-refractivity contribution < 1.29 is 4.79 Å². The second kappa shape index (κ2) is 16.2. The van der Waals surface area contributed by atoms with Crippen LogP contribution in [0.2, 0.25) is 0 Å². The van der Waals surface area contributed by atoms with Gasteiger partial charge in [-0.15, -0.1) is 0 Å². The van der Waals surface area contributed by atoms with Crippen molar-refractivity contribution in [2.45, 2.75) is 77.5 Å². The van der Waals surface area contributed by atoms with Crippen LogP contribution in [0.25, 0.3) is 0 Å². The number of thiocarbonyl (C=S) groups is 1. The summed E-state index contributed by atoms with van der Waals surface area (Å²) in [4.78, 5) is 16.1. The van der Waals surface area contributed by atoms with Gasteiger partial charge in [0, 0.05) is 31.2 Å². The maximum absolute atomic E-state index is 14.1. The van der Waals surface area contributed by atoms with Gasteiger partial charge in [0.05, 0.1) is 0 Å². The van der Waals surface area contributed by atoms with Gasteiger partial charge >= 0.3 is 0 Å². The molecule has 42 heavy (non-hydrogen) atoms. The van der Waals surface area contributed by atoms with Gasteiger partial charge in [-0.25, -0.2) is 0 Å². The maximum atomic E-state index is 14.1. The first-order chi connectivity index (χ1) is 20.3. The fraction of sp³-hybridized carbons (Fsp3) is 0.444. The number of rotatable bonds is 12. The van der Waals surface area contributed by atoms with E-state index in [2.05, 4.69) is 111 Å². The third-order valence-electron chi connectivity index (χ3n) is 7.82. The number of hydrogen-bond acceptors (Lipinski definition) is 2. The topological polar surface area (TPSA) is 44.4 Å². The minimum absolute atomic E-state index is 0.126. The molecule has 4 nitrogen and oxygen atoms in total. The van der Waals surface area contributed by atoms with Crippen molar-refractivity contribution in [2.24, 2.45) is 11.8 Å². The lowest BCUT2D eigenvalue weighted by Gasteiger charge is -2.39. The molecular weight excluding hydrogens is 553 g/mol. The average molecular weight is 602 g/mol. The molecule has 3 aromatic carbocycles. The van der Waals surface area contributed by atoms with Gasteiger partial charge in [-0.2, -0.15) is 0 Å². The van der Waals surface area contributed by atoms with E-state index in [1.165, 1.54) is 29.9 Å². The molecule has 0 saturated heterocycles. The van der Waals surface area contributed by atoms with Crippen LogP contribution in [-0.4, -0.2) is 46.8 Å². The highest BCUT2D eigenvalue weighted by atomic mass is 32.1. The molecule has 0 heterocycles. The number of nitrogens with zero attached hydrogens (tertiary/aromatic N) is 1. The summed E-state index contributed by atoms with van der Waals surface area (Å²) in [5.74, 6) is 0.920. The molecule has 1 aliphatic carbocycles. The molecule has 4 rings (SSSR count). The van der Waals surface area contributed by atoms with E-state index in [1.54, 1.807) is 0 Å². The molecule has 0 aliphatic heterocycles. The number of benzene rings is 3. The molecule has 0 unspecified atom stereocenters. The predicted molar refractivity (Wildman–Crippen MR) is 184 cm³/mol. The first-order valence-corrected chi connectivity index (χ1v) is 17.4. The second-order valence-electron chi connectivity index (χ2n) is 12.4. The third kappa shape index (κ3) is 9.38. The number of amides is 1. The molecule has 224 valence electrons. The van der Waals surface area contributed by atoms with Crippen molar-refractivity contribution in [1.82, 2.24) is 15.5 Å². The summed E-state index contributed by atoms with van der Waals surface area (Å²) in [7, 11) is -0.567. The van der Waals surface area contributed by atoms with Crippen LogP contribution < -0.4 is 21.2 Å². The molecule has 1 aliphatic rings. The van der Waals surface area contributed by atoms with E-state index in [-0.39, 0.29) is 11.9 Å². The Kier molecular flexibility index (Phi) is 12.4. The monoisotopic (exact) mass is 601 g/mol. The smallest absolute Gasteiger partial charge is 0.245 e. The molecule has 1 fully saturated rings. The highest BCUT2D eigenvalue weighted by Crippen LogP contribution is 2.46. The summed E-state index contributed by atoms with van der Waals surface area (Å²) >= 11 is 6.00. The fourth-order valence-corrected chi connectivity index (χ4v) is 9.44. The Morgan fingerprint density at radius 3 is 1.83 bits per heavy atom. The number of hydrogen-bond donors (Lipinski definition) is 2. The Morgan fingerprint density at radius 1 is 0.810 bits per heavy atom. The zero-order chi connectivity index (χ0) is 29.9.